The standard InChI is InChI=1S/C56H48O16/c1-25-35-13-39-27(3)41-15-37-26(2)38-16-42-28(4)40-14-36(25)48-44-18-62-32-8-29(55(57)59-5)7-31(11-32)61-17-43(47(35)65-21-66-48)51(39)69-23-71-53(41)45-19-63-33-9-30(56(58)60-6)10-34(12-33)64-20-46(50(38)68-22-67-49(37)45)54(42)72-24-70-52(40)44/h7-16,25-28H,17-24H2,1-6H3. The molecule has 16 heteroatoms. The van der Waals surface area contributed by atoms with Gasteiger partial charge in [0.2, 0.25) is 27.2 Å². The number of esters is 2. The van der Waals surface area contributed by atoms with Crippen LogP contribution in [0.25, 0.3) is 0 Å². The van der Waals surface area contributed by atoms with E-state index in [1.165, 1.54) is 14.2 Å². The van der Waals surface area contributed by atoms with Crippen molar-refractivity contribution in [1.82, 2.24) is 0 Å². The normalized spacial score (nSPS) is 20.0. The van der Waals surface area contributed by atoms with Crippen LogP contribution in [0.1, 0.15) is 139 Å². The molecule has 0 aromatic heterocycles. The van der Waals surface area contributed by atoms with E-state index >= 15 is 0 Å². The zero-order chi connectivity index (χ0) is 49.1. The molecular formula is C56H48O16. The van der Waals surface area contributed by atoms with Crippen LogP contribution < -0.4 is 56.8 Å². The van der Waals surface area contributed by atoms with Gasteiger partial charge >= 0.3 is 11.9 Å². The lowest BCUT2D eigenvalue weighted by Crippen LogP contribution is -2.25. The summed E-state index contributed by atoms with van der Waals surface area (Å²) in [6, 6.07) is 18.6. The Kier molecular flexibility index (Phi) is 10.2. The topological polar surface area (TPSA) is 163 Å². The first kappa shape index (κ1) is 43.8. The number of benzene rings is 6. The molecule has 0 saturated heterocycles. The summed E-state index contributed by atoms with van der Waals surface area (Å²) in [5, 5.41) is 0. The lowest BCUT2D eigenvalue weighted by Gasteiger charge is -2.36. The van der Waals surface area contributed by atoms with E-state index < -0.39 is 23.8 Å². The molecule has 16 bridgehead atoms. The number of methoxy groups -OCH3 is 2. The minimum Gasteiger partial charge on any atom is -0.488 e. The molecule has 6 aromatic rings. The van der Waals surface area contributed by atoms with Crippen molar-refractivity contribution >= 4 is 11.9 Å². The molecule has 0 amide bonds. The largest absolute Gasteiger partial charge is 0.488 e. The monoisotopic (exact) mass is 976 g/mol. The molecule has 0 saturated carbocycles. The van der Waals surface area contributed by atoms with Crippen LogP contribution in [0.2, 0.25) is 0 Å². The molecule has 8 aliphatic rings. The van der Waals surface area contributed by atoms with Gasteiger partial charge in [-0.15, -0.1) is 0 Å². The number of carbonyl (C=O) groups is 2. The average Bonchev–Trinajstić information content (AvgIpc) is 3.37. The molecular weight excluding hydrogens is 929 g/mol. The van der Waals surface area contributed by atoms with Gasteiger partial charge in [0.05, 0.1) is 47.6 Å². The molecule has 0 fully saturated rings. The molecule has 16 nitrogen and oxygen atoms in total. The van der Waals surface area contributed by atoms with Crippen LogP contribution in [0.15, 0.2) is 60.7 Å². The smallest absolute Gasteiger partial charge is 0.338 e. The van der Waals surface area contributed by atoms with E-state index in [-0.39, 0.29) is 76.6 Å². The first-order chi connectivity index (χ1) is 35.1. The summed E-state index contributed by atoms with van der Waals surface area (Å²) >= 11 is 0. The summed E-state index contributed by atoms with van der Waals surface area (Å²) in [5.74, 6) is 3.00. The number of hydrogen-bond acceptors (Lipinski definition) is 16. The van der Waals surface area contributed by atoms with E-state index in [2.05, 4.69) is 52.0 Å². The van der Waals surface area contributed by atoms with E-state index in [9.17, 15) is 9.59 Å². The van der Waals surface area contributed by atoms with Crippen molar-refractivity contribution in [2.75, 3.05) is 41.4 Å². The summed E-state index contributed by atoms with van der Waals surface area (Å²) in [6.45, 7) is 7.57. The van der Waals surface area contributed by atoms with Gasteiger partial charge in [-0.25, -0.2) is 9.59 Å². The second kappa shape index (κ2) is 16.7. The van der Waals surface area contributed by atoms with Crippen LogP contribution in [0, 0.1) is 0 Å². The van der Waals surface area contributed by atoms with Gasteiger partial charge in [-0.05, 0) is 48.5 Å². The van der Waals surface area contributed by atoms with Crippen molar-refractivity contribution in [1.29, 1.82) is 0 Å². The third-order valence-electron chi connectivity index (χ3n) is 15.0. The molecule has 8 aliphatic heterocycles. The third-order valence-corrected chi connectivity index (χ3v) is 15.0. The summed E-state index contributed by atoms with van der Waals surface area (Å²) in [6.07, 6.45) is 0. The Morgan fingerprint density at radius 2 is 0.542 bits per heavy atom. The molecule has 72 heavy (non-hydrogen) atoms. The second-order valence-corrected chi connectivity index (χ2v) is 18.8. The predicted molar refractivity (Wildman–Crippen MR) is 253 cm³/mol. The lowest BCUT2D eigenvalue weighted by molar-refractivity contribution is 0.0591. The molecule has 0 unspecified atom stereocenters. The Bertz CT molecular complexity index is 2920. The van der Waals surface area contributed by atoms with Gasteiger partial charge in [0.15, 0.2) is 0 Å². The Morgan fingerprint density at radius 3 is 0.736 bits per heavy atom. The van der Waals surface area contributed by atoms with E-state index in [1.54, 1.807) is 36.4 Å². The van der Waals surface area contributed by atoms with Crippen LogP contribution in [0.3, 0.4) is 0 Å². The van der Waals surface area contributed by atoms with E-state index in [1.807, 2.05) is 0 Å². The average molecular weight is 977 g/mol. The summed E-state index contributed by atoms with van der Waals surface area (Å²) in [4.78, 5) is 26.4. The summed E-state index contributed by atoms with van der Waals surface area (Å²) in [5.41, 5.74) is 9.83. The molecule has 0 aliphatic carbocycles. The van der Waals surface area contributed by atoms with Gasteiger partial charge in [0, 0.05) is 80.3 Å². The zero-order valence-electron chi connectivity index (χ0n) is 40.3. The molecule has 0 spiro atoms. The Labute approximate surface area is 413 Å². The molecule has 0 radical (unpaired) electrons. The minimum atomic E-state index is -0.564. The maximum atomic E-state index is 13.2. The van der Waals surface area contributed by atoms with Gasteiger partial charge in [-0.1, -0.05) is 27.7 Å². The Hall–Kier alpha value is -8.14. The van der Waals surface area contributed by atoms with Gasteiger partial charge in [-0.3, -0.25) is 0 Å². The number of ether oxygens (including phenoxy) is 14. The highest BCUT2D eigenvalue weighted by molar-refractivity contribution is 5.91. The highest BCUT2D eigenvalue weighted by Gasteiger charge is 2.40. The van der Waals surface area contributed by atoms with Gasteiger partial charge in [0.1, 0.15) is 95.4 Å². The van der Waals surface area contributed by atoms with E-state index in [0.717, 1.165) is 44.5 Å². The fourth-order valence-corrected chi connectivity index (χ4v) is 11.3. The number of rotatable bonds is 2. The van der Waals surface area contributed by atoms with Crippen LogP contribution >= 0.6 is 0 Å². The Balaban J connectivity index is 1.16. The van der Waals surface area contributed by atoms with Crippen LogP contribution in [0.5, 0.6) is 69.0 Å². The van der Waals surface area contributed by atoms with Gasteiger partial charge in [-0.2, -0.15) is 0 Å². The maximum Gasteiger partial charge on any atom is 0.338 e. The van der Waals surface area contributed by atoms with Crippen molar-refractivity contribution in [2.45, 2.75) is 77.8 Å². The first-order valence-corrected chi connectivity index (χ1v) is 23.9. The van der Waals surface area contributed by atoms with Gasteiger partial charge < -0.3 is 66.3 Å². The van der Waals surface area contributed by atoms with Crippen LogP contribution in [0.4, 0.5) is 0 Å². The Morgan fingerprint density at radius 1 is 0.333 bits per heavy atom. The highest BCUT2D eigenvalue weighted by atomic mass is 16.7. The van der Waals surface area contributed by atoms with Crippen molar-refractivity contribution in [3.05, 3.63) is 139 Å². The number of hydrogen-bond donors (Lipinski definition) is 0. The second-order valence-electron chi connectivity index (χ2n) is 18.8. The van der Waals surface area contributed by atoms with E-state index in [4.69, 9.17) is 66.3 Å². The zero-order valence-corrected chi connectivity index (χ0v) is 40.3. The maximum absolute atomic E-state index is 13.2. The SMILES string of the molecule is COC(=O)c1cc2cc(c1)OCc1c3c4cc5c1OCOc1c(cc6c7c1COc1cc(cc(C(=O)OC)c1)OCc1c(c(cc8c1OCOc1c(cc(c(c1CO2)OCO3)C4C)C8C)C6C)OCO7)C5C. The number of fused-ring (bicyclic) bond motifs is 12. The fourth-order valence-electron chi connectivity index (χ4n) is 11.3. The summed E-state index contributed by atoms with van der Waals surface area (Å²) in [7, 11) is 2.65. The molecule has 0 atom stereocenters. The predicted octanol–water partition coefficient (Wildman–Crippen LogP) is 10.0. The number of carbonyl (C=O) groups excluding carboxylic acids is 2. The quantitative estimate of drug-likeness (QED) is 0.151. The molecule has 8 heterocycles. The first-order valence-electron chi connectivity index (χ1n) is 23.9. The van der Waals surface area contributed by atoms with Gasteiger partial charge in [0.25, 0.3) is 0 Å². The highest BCUT2D eigenvalue weighted by Crippen LogP contribution is 2.57. The summed E-state index contributed by atoms with van der Waals surface area (Å²) < 4.78 is 91.0. The van der Waals surface area contributed by atoms with Crippen molar-refractivity contribution in [3.8, 4) is 69.0 Å². The fraction of sp³-hybridized carbons (Fsp3) is 0.321. The van der Waals surface area contributed by atoms with Crippen LogP contribution in [-0.2, 0) is 35.9 Å². The van der Waals surface area contributed by atoms with E-state index in [0.29, 0.717) is 91.2 Å². The molecule has 368 valence electrons. The van der Waals surface area contributed by atoms with Crippen molar-refractivity contribution < 1.29 is 75.9 Å². The van der Waals surface area contributed by atoms with Crippen LogP contribution in [-0.4, -0.2) is 53.3 Å². The lowest BCUT2D eigenvalue weighted by atomic mass is 9.78. The third kappa shape index (κ3) is 6.78. The van der Waals surface area contributed by atoms with Crippen molar-refractivity contribution in [3.63, 3.8) is 0 Å². The molecule has 0 N–H and O–H groups in total. The van der Waals surface area contributed by atoms with Crippen molar-refractivity contribution in [2.24, 2.45) is 0 Å². The molecule has 6 aromatic carbocycles. The molecule has 14 rings (SSSR count). The minimum absolute atomic E-state index is 0.0396.